The maximum atomic E-state index is 13.3. The van der Waals surface area contributed by atoms with Crippen LogP contribution in [0.1, 0.15) is 39.9 Å². The molecule has 3 amide bonds. The average Bonchev–Trinajstić information content (AvgIpc) is 3.10. The number of nitrogens with one attached hydrogen (secondary N) is 1. The summed E-state index contributed by atoms with van der Waals surface area (Å²) in [4.78, 5) is 40.9. The minimum Gasteiger partial charge on any atom is -0.329 e. The molecule has 2 aliphatic heterocycles. The molecule has 7 nitrogen and oxygen atoms in total. The zero-order valence-electron chi connectivity index (χ0n) is 17.5. The van der Waals surface area contributed by atoms with Crippen molar-refractivity contribution >= 4 is 17.7 Å². The molecule has 0 spiro atoms. The van der Waals surface area contributed by atoms with Gasteiger partial charge < -0.3 is 10.6 Å². The van der Waals surface area contributed by atoms with Gasteiger partial charge in [-0.05, 0) is 29.5 Å². The molecule has 0 radical (unpaired) electrons. The highest BCUT2D eigenvalue weighted by molar-refractivity contribution is 6.05. The van der Waals surface area contributed by atoms with Crippen molar-refractivity contribution in [3.05, 3.63) is 70.8 Å². The largest absolute Gasteiger partial charge is 0.329 e. The summed E-state index contributed by atoms with van der Waals surface area (Å²) in [5, 5.41) is 2.36. The van der Waals surface area contributed by atoms with E-state index in [1.54, 1.807) is 4.90 Å². The van der Waals surface area contributed by atoms with Gasteiger partial charge in [-0.25, -0.2) is 0 Å². The van der Waals surface area contributed by atoms with Gasteiger partial charge >= 0.3 is 0 Å². The summed E-state index contributed by atoms with van der Waals surface area (Å²) in [6.45, 7) is 3.15. The molecule has 7 heteroatoms. The Morgan fingerprint density at radius 1 is 1.03 bits per heavy atom. The molecule has 3 N–H and O–H groups in total. The van der Waals surface area contributed by atoms with Crippen LogP contribution in [-0.4, -0.2) is 53.2 Å². The average molecular weight is 421 g/mol. The van der Waals surface area contributed by atoms with Crippen molar-refractivity contribution in [2.75, 3.05) is 19.6 Å². The number of piperidine rings is 1. The number of hydrogen-bond acceptors (Lipinski definition) is 5. The van der Waals surface area contributed by atoms with Gasteiger partial charge in [0.15, 0.2) is 0 Å². The lowest BCUT2D eigenvalue weighted by Gasteiger charge is -2.29. The number of nitrogens with zero attached hydrogens (tertiary/aromatic N) is 2. The number of amides is 3. The van der Waals surface area contributed by atoms with Crippen molar-refractivity contribution in [3.8, 4) is 0 Å². The van der Waals surface area contributed by atoms with E-state index in [2.05, 4.69) is 22.3 Å². The summed E-state index contributed by atoms with van der Waals surface area (Å²) in [5.74, 6) is -0.788. The van der Waals surface area contributed by atoms with Crippen molar-refractivity contribution in [2.24, 2.45) is 5.73 Å². The summed E-state index contributed by atoms with van der Waals surface area (Å²) >= 11 is 0. The van der Waals surface area contributed by atoms with Gasteiger partial charge in [0.1, 0.15) is 6.04 Å². The van der Waals surface area contributed by atoms with E-state index in [4.69, 9.17) is 5.73 Å². The third kappa shape index (κ3) is 4.68. The van der Waals surface area contributed by atoms with Crippen LogP contribution in [0.5, 0.6) is 0 Å². The van der Waals surface area contributed by atoms with Gasteiger partial charge in [0.05, 0.1) is 0 Å². The number of carbonyl (C=O) groups excluding carboxylic acids is 3. The number of benzene rings is 2. The van der Waals surface area contributed by atoms with Crippen LogP contribution >= 0.6 is 0 Å². The van der Waals surface area contributed by atoms with Crippen molar-refractivity contribution in [1.82, 2.24) is 15.1 Å². The van der Waals surface area contributed by atoms with E-state index in [-0.39, 0.29) is 24.1 Å². The molecule has 0 aliphatic carbocycles. The SMILES string of the molecule is NCCN(CCc1ccccc1)Cc1cccc2c1C(=O)N(C1CCC(=O)NC1=O)C2. The minimum atomic E-state index is -0.594. The van der Waals surface area contributed by atoms with Gasteiger partial charge in [0.2, 0.25) is 11.8 Å². The van der Waals surface area contributed by atoms with Gasteiger partial charge in [-0.15, -0.1) is 0 Å². The molecule has 1 unspecified atom stereocenters. The Hall–Kier alpha value is -3.03. The maximum absolute atomic E-state index is 13.3. The zero-order chi connectivity index (χ0) is 21.8. The zero-order valence-corrected chi connectivity index (χ0v) is 17.5. The fraction of sp³-hybridized carbons (Fsp3) is 0.375. The first kappa shape index (κ1) is 21.2. The van der Waals surface area contributed by atoms with E-state index >= 15 is 0 Å². The van der Waals surface area contributed by atoms with E-state index in [9.17, 15) is 14.4 Å². The number of nitrogens with two attached hydrogens (primary N) is 1. The van der Waals surface area contributed by atoms with Crippen LogP contribution in [0.3, 0.4) is 0 Å². The number of rotatable bonds is 8. The topological polar surface area (TPSA) is 95.7 Å². The summed E-state index contributed by atoms with van der Waals surface area (Å²) in [6.07, 6.45) is 1.54. The Bertz CT molecular complexity index is 976. The molecule has 31 heavy (non-hydrogen) atoms. The molecule has 2 aromatic carbocycles. The van der Waals surface area contributed by atoms with E-state index in [1.807, 2.05) is 36.4 Å². The van der Waals surface area contributed by atoms with Crippen LogP contribution in [0.15, 0.2) is 48.5 Å². The minimum absolute atomic E-state index is 0.129. The predicted molar refractivity (Wildman–Crippen MR) is 117 cm³/mol. The van der Waals surface area contributed by atoms with E-state index in [1.165, 1.54) is 5.56 Å². The smallest absolute Gasteiger partial charge is 0.255 e. The van der Waals surface area contributed by atoms with Crippen molar-refractivity contribution in [1.29, 1.82) is 0 Å². The van der Waals surface area contributed by atoms with Crippen molar-refractivity contribution in [3.63, 3.8) is 0 Å². The molecule has 2 aliphatic rings. The monoisotopic (exact) mass is 420 g/mol. The maximum Gasteiger partial charge on any atom is 0.255 e. The lowest BCUT2D eigenvalue weighted by Crippen LogP contribution is -2.52. The third-order valence-electron chi connectivity index (χ3n) is 6.04. The fourth-order valence-corrected chi connectivity index (χ4v) is 4.45. The molecular formula is C24H28N4O3. The first-order valence-corrected chi connectivity index (χ1v) is 10.8. The summed E-state index contributed by atoms with van der Waals surface area (Å²) in [5.41, 5.74) is 9.70. The molecular weight excluding hydrogens is 392 g/mol. The third-order valence-corrected chi connectivity index (χ3v) is 6.04. The summed E-state index contributed by atoms with van der Waals surface area (Å²) in [7, 11) is 0. The Labute approximate surface area is 182 Å². The lowest BCUT2D eigenvalue weighted by molar-refractivity contribution is -0.136. The van der Waals surface area contributed by atoms with Crippen LogP contribution in [0.4, 0.5) is 0 Å². The number of imide groups is 1. The molecule has 162 valence electrons. The van der Waals surface area contributed by atoms with Gasteiger partial charge in [-0.1, -0.05) is 48.5 Å². The Morgan fingerprint density at radius 3 is 2.58 bits per heavy atom. The summed E-state index contributed by atoms with van der Waals surface area (Å²) in [6, 6.07) is 15.6. The van der Waals surface area contributed by atoms with Crippen molar-refractivity contribution in [2.45, 2.75) is 38.4 Å². The van der Waals surface area contributed by atoms with Gasteiger partial charge in [0, 0.05) is 44.7 Å². The van der Waals surface area contributed by atoms with Crippen LogP contribution in [0.2, 0.25) is 0 Å². The molecule has 0 aromatic heterocycles. The quantitative estimate of drug-likeness (QED) is 0.631. The van der Waals surface area contributed by atoms with Crippen LogP contribution in [0.25, 0.3) is 0 Å². The molecule has 2 heterocycles. The molecule has 0 saturated carbocycles. The Morgan fingerprint density at radius 2 is 1.84 bits per heavy atom. The van der Waals surface area contributed by atoms with Gasteiger partial charge in [-0.3, -0.25) is 24.6 Å². The van der Waals surface area contributed by atoms with E-state index in [0.29, 0.717) is 31.6 Å². The molecule has 1 fully saturated rings. The Kier molecular flexibility index (Phi) is 6.44. The van der Waals surface area contributed by atoms with Crippen LogP contribution < -0.4 is 11.1 Å². The number of carbonyl (C=O) groups is 3. The number of hydrogen-bond donors (Lipinski definition) is 2. The van der Waals surface area contributed by atoms with Crippen LogP contribution in [0, 0.1) is 0 Å². The van der Waals surface area contributed by atoms with E-state index in [0.717, 1.165) is 30.6 Å². The second kappa shape index (κ2) is 9.41. The second-order valence-corrected chi connectivity index (χ2v) is 8.15. The standard InChI is InChI=1S/C24H28N4O3/c25-12-14-27(13-11-17-5-2-1-3-6-17)15-18-7-4-8-19-16-28(24(31)22(18)19)20-9-10-21(29)26-23(20)30/h1-8,20H,9-16,25H2,(H,26,29,30). The van der Waals surface area contributed by atoms with E-state index < -0.39 is 6.04 Å². The second-order valence-electron chi connectivity index (χ2n) is 8.15. The first-order valence-electron chi connectivity index (χ1n) is 10.8. The molecule has 1 atom stereocenters. The molecule has 1 saturated heterocycles. The Balaban J connectivity index is 1.49. The van der Waals surface area contributed by atoms with Gasteiger partial charge in [0.25, 0.3) is 5.91 Å². The highest BCUT2D eigenvalue weighted by atomic mass is 16.2. The lowest BCUT2D eigenvalue weighted by atomic mass is 10.0. The normalized spacial score (nSPS) is 18.5. The van der Waals surface area contributed by atoms with Gasteiger partial charge in [-0.2, -0.15) is 0 Å². The fourth-order valence-electron chi connectivity index (χ4n) is 4.45. The van der Waals surface area contributed by atoms with Crippen LogP contribution in [-0.2, 0) is 29.1 Å². The molecule has 4 rings (SSSR count). The highest BCUT2D eigenvalue weighted by Gasteiger charge is 2.40. The highest BCUT2D eigenvalue weighted by Crippen LogP contribution is 2.30. The summed E-state index contributed by atoms with van der Waals surface area (Å²) < 4.78 is 0. The first-order chi connectivity index (χ1) is 15.1. The molecule has 0 bridgehead atoms. The molecule has 2 aromatic rings. The number of fused-ring (bicyclic) bond motifs is 1. The predicted octanol–water partition coefficient (Wildman–Crippen LogP) is 1.45. The van der Waals surface area contributed by atoms with Crippen molar-refractivity contribution < 1.29 is 14.4 Å².